The Morgan fingerprint density at radius 3 is 2.79 bits per heavy atom. The van der Waals surface area contributed by atoms with Gasteiger partial charge in [0.2, 0.25) is 0 Å². The first kappa shape index (κ1) is 13.7. The Bertz CT molecular complexity index is 695. The monoisotopic (exact) mass is 283 g/mol. The minimum atomic E-state index is -3.65. The van der Waals surface area contributed by atoms with Gasteiger partial charge in [-0.05, 0) is 30.7 Å². The van der Waals surface area contributed by atoms with Crippen LogP contribution in [0.1, 0.15) is 12.5 Å². The van der Waals surface area contributed by atoms with Crippen molar-refractivity contribution in [3.8, 4) is 5.69 Å². The van der Waals surface area contributed by atoms with E-state index >= 15 is 0 Å². The molecule has 0 aliphatic rings. The van der Waals surface area contributed by atoms with Gasteiger partial charge in [0.1, 0.15) is 5.82 Å². The van der Waals surface area contributed by atoms with Crippen LogP contribution in [0.2, 0.25) is 0 Å². The van der Waals surface area contributed by atoms with E-state index in [0.717, 1.165) is 5.56 Å². The van der Waals surface area contributed by atoms with Gasteiger partial charge in [0, 0.05) is 6.54 Å². The first-order chi connectivity index (χ1) is 8.95. The van der Waals surface area contributed by atoms with E-state index in [0.29, 0.717) is 5.69 Å². The zero-order valence-electron chi connectivity index (χ0n) is 10.6. The number of hydrogen-bond donors (Lipinski definition) is 1. The Balaban J connectivity index is 2.60. The fourth-order valence-corrected chi connectivity index (χ4v) is 2.89. The summed E-state index contributed by atoms with van der Waals surface area (Å²) in [6.07, 6.45) is 1.37. The Morgan fingerprint density at radius 1 is 1.37 bits per heavy atom. The molecule has 1 aromatic heterocycles. The number of aromatic nitrogens is 2. The van der Waals surface area contributed by atoms with E-state index in [9.17, 15) is 12.8 Å². The number of nitrogens with one attached hydrogen (secondary N) is 1. The summed E-state index contributed by atoms with van der Waals surface area (Å²) in [6.45, 7) is 3.72. The third-order valence-corrected chi connectivity index (χ3v) is 4.15. The van der Waals surface area contributed by atoms with E-state index in [2.05, 4.69) is 9.82 Å². The molecule has 102 valence electrons. The van der Waals surface area contributed by atoms with Gasteiger partial charge in [-0.25, -0.2) is 22.2 Å². The number of halogens is 1. The normalized spacial score (nSPS) is 11.7. The molecule has 0 bridgehead atoms. The van der Waals surface area contributed by atoms with Gasteiger partial charge in [0.25, 0.3) is 10.0 Å². The molecule has 5 nitrogen and oxygen atoms in total. The van der Waals surface area contributed by atoms with Gasteiger partial charge in [-0.1, -0.05) is 13.0 Å². The van der Waals surface area contributed by atoms with Crippen LogP contribution in [0, 0.1) is 12.7 Å². The minimum Gasteiger partial charge on any atom is -0.220 e. The molecule has 0 atom stereocenters. The second-order valence-corrected chi connectivity index (χ2v) is 5.73. The summed E-state index contributed by atoms with van der Waals surface area (Å²) >= 11 is 0. The zero-order valence-corrected chi connectivity index (χ0v) is 11.4. The lowest BCUT2D eigenvalue weighted by Gasteiger charge is -2.11. The fraction of sp³-hybridized carbons (Fsp3) is 0.250. The van der Waals surface area contributed by atoms with Crippen molar-refractivity contribution < 1.29 is 12.8 Å². The topological polar surface area (TPSA) is 64.0 Å². The number of aryl methyl sites for hydroxylation is 1. The molecule has 0 unspecified atom stereocenters. The van der Waals surface area contributed by atoms with Crippen molar-refractivity contribution in [1.29, 1.82) is 0 Å². The standard InChI is InChI=1S/C12H14FN3O2S/c1-3-15-19(17,18)12-6-7-14-16(12)11-8-10(13)5-4-9(11)2/h4-8,15H,3H2,1-2H3. The molecule has 0 saturated heterocycles. The van der Waals surface area contributed by atoms with Gasteiger partial charge in [0.05, 0.1) is 11.9 Å². The molecule has 7 heteroatoms. The molecule has 0 saturated carbocycles. The number of nitrogens with zero attached hydrogens (tertiary/aromatic N) is 2. The van der Waals surface area contributed by atoms with E-state index in [4.69, 9.17) is 0 Å². The second-order valence-electron chi connectivity index (χ2n) is 4.01. The van der Waals surface area contributed by atoms with Crippen LogP contribution in [0.25, 0.3) is 5.69 Å². The summed E-state index contributed by atoms with van der Waals surface area (Å²) in [7, 11) is -3.65. The first-order valence-electron chi connectivity index (χ1n) is 5.76. The number of sulfonamides is 1. The van der Waals surface area contributed by atoms with Crippen LogP contribution in [0.15, 0.2) is 35.5 Å². The van der Waals surface area contributed by atoms with E-state index in [1.807, 2.05) is 0 Å². The molecule has 0 spiro atoms. The second kappa shape index (κ2) is 5.10. The molecule has 2 rings (SSSR count). The van der Waals surface area contributed by atoms with Crippen LogP contribution in [0.5, 0.6) is 0 Å². The minimum absolute atomic E-state index is 0.0111. The predicted octanol–water partition coefficient (Wildman–Crippen LogP) is 1.62. The van der Waals surface area contributed by atoms with Crippen LogP contribution in [-0.4, -0.2) is 24.7 Å². The SMILES string of the molecule is CCNS(=O)(=O)c1ccnn1-c1cc(F)ccc1C. The molecular formula is C12H14FN3O2S. The van der Waals surface area contributed by atoms with Gasteiger partial charge in [-0.3, -0.25) is 0 Å². The molecule has 1 aromatic carbocycles. The van der Waals surface area contributed by atoms with Gasteiger partial charge >= 0.3 is 0 Å². The fourth-order valence-electron chi connectivity index (χ4n) is 1.75. The molecule has 0 radical (unpaired) electrons. The highest BCUT2D eigenvalue weighted by atomic mass is 32.2. The molecule has 0 fully saturated rings. The predicted molar refractivity (Wildman–Crippen MR) is 69.1 cm³/mol. The summed E-state index contributed by atoms with van der Waals surface area (Å²) in [5.41, 5.74) is 1.14. The Labute approximate surface area is 111 Å². The highest BCUT2D eigenvalue weighted by Crippen LogP contribution is 2.19. The van der Waals surface area contributed by atoms with Crippen molar-refractivity contribution in [2.45, 2.75) is 18.9 Å². The van der Waals surface area contributed by atoms with Gasteiger partial charge in [0.15, 0.2) is 5.03 Å². The van der Waals surface area contributed by atoms with Crippen LogP contribution >= 0.6 is 0 Å². The van der Waals surface area contributed by atoms with E-state index in [1.54, 1.807) is 19.9 Å². The Morgan fingerprint density at radius 2 is 2.11 bits per heavy atom. The highest BCUT2D eigenvalue weighted by molar-refractivity contribution is 7.89. The Kier molecular flexibility index (Phi) is 3.68. The van der Waals surface area contributed by atoms with Crippen molar-refractivity contribution in [1.82, 2.24) is 14.5 Å². The molecule has 0 aliphatic heterocycles. The molecular weight excluding hydrogens is 269 g/mol. The van der Waals surface area contributed by atoms with E-state index in [-0.39, 0.29) is 11.6 Å². The van der Waals surface area contributed by atoms with Crippen LogP contribution < -0.4 is 4.72 Å². The molecule has 19 heavy (non-hydrogen) atoms. The summed E-state index contributed by atoms with van der Waals surface area (Å²) < 4.78 is 40.9. The molecule has 2 aromatic rings. The quantitative estimate of drug-likeness (QED) is 0.927. The van der Waals surface area contributed by atoms with E-state index < -0.39 is 15.8 Å². The van der Waals surface area contributed by atoms with Crippen molar-refractivity contribution in [3.63, 3.8) is 0 Å². The van der Waals surface area contributed by atoms with Gasteiger partial charge < -0.3 is 0 Å². The largest absolute Gasteiger partial charge is 0.258 e. The lowest BCUT2D eigenvalue weighted by Crippen LogP contribution is -2.25. The van der Waals surface area contributed by atoms with Crippen molar-refractivity contribution in [2.24, 2.45) is 0 Å². The lowest BCUT2D eigenvalue weighted by molar-refractivity contribution is 0.572. The van der Waals surface area contributed by atoms with E-state index in [1.165, 1.54) is 29.1 Å². The average Bonchev–Trinajstić information content (AvgIpc) is 2.82. The van der Waals surface area contributed by atoms with Crippen LogP contribution in [-0.2, 0) is 10.0 Å². The van der Waals surface area contributed by atoms with Crippen LogP contribution in [0.3, 0.4) is 0 Å². The summed E-state index contributed by atoms with van der Waals surface area (Å²) in [6, 6.07) is 5.53. The maximum absolute atomic E-state index is 13.3. The number of rotatable bonds is 4. The molecule has 0 amide bonds. The third-order valence-electron chi connectivity index (χ3n) is 2.62. The number of hydrogen-bond acceptors (Lipinski definition) is 3. The molecule has 0 aliphatic carbocycles. The third kappa shape index (κ3) is 2.66. The summed E-state index contributed by atoms with van der Waals surface area (Å²) in [5, 5.41) is 3.96. The Hall–Kier alpha value is -1.73. The van der Waals surface area contributed by atoms with Crippen molar-refractivity contribution in [3.05, 3.63) is 41.8 Å². The summed E-state index contributed by atoms with van der Waals surface area (Å²) in [4.78, 5) is 0. The highest BCUT2D eigenvalue weighted by Gasteiger charge is 2.20. The summed E-state index contributed by atoms with van der Waals surface area (Å²) in [5.74, 6) is -0.442. The maximum atomic E-state index is 13.3. The molecule has 1 N–H and O–H groups in total. The van der Waals surface area contributed by atoms with Crippen molar-refractivity contribution >= 4 is 10.0 Å². The lowest BCUT2D eigenvalue weighted by atomic mass is 10.2. The van der Waals surface area contributed by atoms with Crippen LogP contribution in [0.4, 0.5) is 4.39 Å². The maximum Gasteiger partial charge on any atom is 0.258 e. The van der Waals surface area contributed by atoms with Gasteiger partial charge in [-0.2, -0.15) is 5.10 Å². The smallest absolute Gasteiger partial charge is 0.220 e. The average molecular weight is 283 g/mol. The van der Waals surface area contributed by atoms with Gasteiger partial charge in [-0.15, -0.1) is 0 Å². The van der Waals surface area contributed by atoms with Crippen molar-refractivity contribution in [2.75, 3.05) is 6.54 Å². The molecule has 1 heterocycles. The number of benzene rings is 1. The first-order valence-corrected chi connectivity index (χ1v) is 7.24. The zero-order chi connectivity index (χ0) is 14.0.